The highest BCUT2D eigenvalue weighted by atomic mass is 32.2. The zero-order valence-electron chi connectivity index (χ0n) is 20.0. The van der Waals surface area contributed by atoms with E-state index in [4.69, 9.17) is 4.74 Å². The smallest absolute Gasteiger partial charge is 0.282 e. The van der Waals surface area contributed by atoms with Crippen LogP contribution in [0.2, 0.25) is 0 Å². The molecule has 0 unspecified atom stereocenters. The first-order valence-corrected chi connectivity index (χ1v) is 12.4. The first kappa shape index (κ1) is 25.2. The van der Waals surface area contributed by atoms with Crippen LogP contribution in [0, 0.1) is 11.6 Å². The van der Waals surface area contributed by atoms with Crippen molar-refractivity contribution in [2.45, 2.75) is 6.54 Å². The van der Waals surface area contributed by atoms with Gasteiger partial charge >= 0.3 is 0 Å². The number of fused-ring (bicyclic) bond motifs is 1. The third-order valence-corrected chi connectivity index (χ3v) is 6.81. The van der Waals surface area contributed by atoms with Gasteiger partial charge < -0.3 is 10.1 Å². The maximum Gasteiger partial charge on any atom is 0.282 e. The molecule has 1 aliphatic rings. The lowest BCUT2D eigenvalue weighted by molar-refractivity contribution is -0.129. The number of para-hydroxylation sites is 1. The molecule has 8 nitrogen and oxygen atoms in total. The van der Waals surface area contributed by atoms with E-state index in [1.165, 1.54) is 4.57 Å². The molecule has 5 rings (SSSR count). The molecular formula is C27H20F2N4O4S. The third kappa shape index (κ3) is 5.00. The van der Waals surface area contributed by atoms with E-state index in [0.717, 1.165) is 34.3 Å². The molecule has 0 aliphatic carbocycles. The highest BCUT2D eigenvalue weighted by Gasteiger charge is 2.27. The van der Waals surface area contributed by atoms with Crippen LogP contribution in [0.4, 0.5) is 14.5 Å². The van der Waals surface area contributed by atoms with Crippen molar-refractivity contribution in [1.29, 1.82) is 0 Å². The third-order valence-electron chi connectivity index (χ3n) is 5.88. The molecule has 0 fully saturated rings. The largest absolute Gasteiger partial charge is 0.497 e. The minimum atomic E-state index is -0.929. The number of carbonyl (C=O) groups excluding carboxylic acids is 3. The second-order valence-corrected chi connectivity index (χ2v) is 9.26. The molecule has 4 aromatic rings. The van der Waals surface area contributed by atoms with Crippen LogP contribution >= 0.6 is 11.8 Å². The standard InChI is InChI=1S/C27H20F2N4O4S/c1-37-19-9-6-16(7-10-19)27(36)32-13-17(20-4-2-3-5-23(20)32)14-33-24(34)15-38-26(31-33)25(35)30-22-11-8-18(28)12-21(22)29/h2-13H,14-15H2,1H3,(H,30,35). The quantitative estimate of drug-likeness (QED) is 0.389. The van der Waals surface area contributed by atoms with Crippen molar-refractivity contribution in [2.24, 2.45) is 5.10 Å². The van der Waals surface area contributed by atoms with Crippen molar-refractivity contribution in [3.05, 3.63) is 95.7 Å². The first-order valence-electron chi connectivity index (χ1n) is 11.4. The molecule has 0 bridgehead atoms. The Morgan fingerprint density at radius 2 is 1.84 bits per heavy atom. The molecule has 0 atom stereocenters. The van der Waals surface area contributed by atoms with E-state index in [1.54, 1.807) is 43.6 Å². The van der Waals surface area contributed by atoms with Gasteiger partial charge in [0, 0.05) is 23.2 Å². The Hall–Kier alpha value is -4.51. The fourth-order valence-corrected chi connectivity index (χ4v) is 4.73. The molecule has 2 amide bonds. The van der Waals surface area contributed by atoms with Crippen molar-refractivity contribution in [1.82, 2.24) is 9.58 Å². The van der Waals surface area contributed by atoms with Crippen LogP contribution in [0.25, 0.3) is 10.9 Å². The molecule has 0 saturated carbocycles. The second kappa shape index (κ2) is 10.5. The predicted molar refractivity (Wildman–Crippen MR) is 140 cm³/mol. The summed E-state index contributed by atoms with van der Waals surface area (Å²) in [5.74, 6) is -2.45. The van der Waals surface area contributed by atoms with Crippen molar-refractivity contribution in [3.8, 4) is 5.75 Å². The van der Waals surface area contributed by atoms with Crippen LogP contribution in [0.15, 0.2) is 78.0 Å². The molecule has 1 aliphatic heterocycles. The number of nitrogens with one attached hydrogen (secondary N) is 1. The second-order valence-electron chi connectivity index (χ2n) is 8.30. The molecule has 192 valence electrons. The summed E-state index contributed by atoms with van der Waals surface area (Å²) in [4.78, 5) is 38.7. The Morgan fingerprint density at radius 3 is 2.58 bits per heavy atom. The zero-order chi connectivity index (χ0) is 26.8. The van der Waals surface area contributed by atoms with Crippen LogP contribution in [-0.4, -0.2) is 45.2 Å². The number of halogens is 2. The summed E-state index contributed by atoms with van der Waals surface area (Å²) in [6.07, 6.45) is 1.65. The minimum absolute atomic E-state index is 0.00445. The van der Waals surface area contributed by atoms with Gasteiger partial charge in [-0.25, -0.2) is 13.8 Å². The maximum absolute atomic E-state index is 14.0. The van der Waals surface area contributed by atoms with E-state index >= 15 is 0 Å². The molecule has 0 radical (unpaired) electrons. The molecule has 38 heavy (non-hydrogen) atoms. The Balaban J connectivity index is 1.42. The van der Waals surface area contributed by atoms with Gasteiger partial charge in [0.15, 0.2) is 5.04 Å². The molecule has 1 aromatic heterocycles. The number of aromatic nitrogens is 1. The number of nitrogens with zero attached hydrogens (tertiary/aromatic N) is 3. The lowest BCUT2D eigenvalue weighted by Crippen LogP contribution is -2.35. The average molecular weight is 535 g/mol. The number of benzene rings is 3. The summed E-state index contributed by atoms with van der Waals surface area (Å²) in [6.45, 7) is 0.00445. The van der Waals surface area contributed by atoms with E-state index in [2.05, 4.69) is 10.4 Å². The summed E-state index contributed by atoms with van der Waals surface area (Å²) >= 11 is 0.917. The van der Waals surface area contributed by atoms with Gasteiger partial charge in [-0.05, 0) is 48.0 Å². The van der Waals surface area contributed by atoms with Gasteiger partial charge in [-0.15, -0.1) is 0 Å². The topological polar surface area (TPSA) is 93.0 Å². The highest BCUT2D eigenvalue weighted by molar-refractivity contribution is 8.16. The van der Waals surface area contributed by atoms with Crippen LogP contribution in [0.5, 0.6) is 5.75 Å². The number of methoxy groups -OCH3 is 1. The molecule has 3 aromatic carbocycles. The van der Waals surface area contributed by atoms with Gasteiger partial charge in [0.05, 0.1) is 30.6 Å². The highest BCUT2D eigenvalue weighted by Crippen LogP contribution is 2.26. The maximum atomic E-state index is 14.0. The number of anilines is 1. The van der Waals surface area contributed by atoms with E-state index < -0.39 is 17.5 Å². The number of hydrazone groups is 1. The van der Waals surface area contributed by atoms with E-state index in [-0.39, 0.29) is 34.8 Å². The van der Waals surface area contributed by atoms with Crippen LogP contribution < -0.4 is 10.1 Å². The van der Waals surface area contributed by atoms with Crippen molar-refractivity contribution in [3.63, 3.8) is 0 Å². The normalized spacial score (nSPS) is 13.4. The van der Waals surface area contributed by atoms with Gasteiger partial charge in [-0.1, -0.05) is 30.0 Å². The van der Waals surface area contributed by atoms with E-state index in [0.29, 0.717) is 28.5 Å². The van der Waals surface area contributed by atoms with Crippen LogP contribution in [0.1, 0.15) is 15.9 Å². The fraction of sp³-hybridized carbons (Fsp3) is 0.111. The lowest BCUT2D eigenvalue weighted by atomic mass is 10.1. The molecule has 0 spiro atoms. The number of amides is 2. The summed E-state index contributed by atoms with van der Waals surface area (Å²) in [5, 5.41) is 8.38. The number of rotatable bonds is 6. The molecule has 2 heterocycles. The van der Waals surface area contributed by atoms with Crippen molar-refractivity contribution >= 4 is 51.1 Å². The van der Waals surface area contributed by atoms with Crippen molar-refractivity contribution in [2.75, 3.05) is 18.2 Å². The Kier molecular flexibility index (Phi) is 6.93. The molecule has 1 N–H and O–H groups in total. The van der Waals surface area contributed by atoms with Gasteiger partial charge in [-0.2, -0.15) is 5.10 Å². The number of hydrogen-bond donors (Lipinski definition) is 1. The molecular weight excluding hydrogens is 514 g/mol. The molecule has 11 heteroatoms. The van der Waals surface area contributed by atoms with Crippen LogP contribution in [0.3, 0.4) is 0 Å². The van der Waals surface area contributed by atoms with Crippen molar-refractivity contribution < 1.29 is 27.9 Å². The summed E-state index contributed by atoms with van der Waals surface area (Å²) in [7, 11) is 1.54. The van der Waals surface area contributed by atoms with Gasteiger partial charge in [0.25, 0.3) is 17.7 Å². The Bertz CT molecular complexity index is 1600. The van der Waals surface area contributed by atoms with Gasteiger partial charge in [-0.3, -0.25) is 19.0 Å². The number of carbonyl (C=O) groups is 3. The first-order chi connectivity index (χ1) is 18.3. The number of thioether (sulfide) groups is 1. The lowest BCUT2D eigenvalue weighted by Gasteiger charge is -2.22. The SMILES string of the molecule is COc1ccc(C(=O)n2cc(CN3N=C(C(=O)Nc4ccc(F)cc4F)SCC3=O)c3ccccc32)cc1. The predicted octanol–water partition coefficient (Wildman–Crippen LogP) is 4.64. The summed E-state index contributed by atoms with van der Waals surface area (Å²) in [6, 6.07) is 16.8. The number of ether oxygens (including phenoxy) is 1. The Morgan fingerprint density at radius 1 is 1.08 bits per heavy atom. The Labute approximate surface area is 219 Å². The monoisotopic (exact) mass is 534 g/mol. The minimum Gasteiger partial charge on any atom is -0.497 e. The molecule has 0 saturated heterocycles. The summed E-state index contributed by atoms with van der Waals surface area (Å²) in [5.41, 5.74) is 1.54. The number of hydrogen-bond acceptors (Lipinski definition) is 6. The summed E-state index contributed by atoms with van der Waals surface area (Å²) < 4.78 is 33.8. The van der Waals surface area contributed by atoms with Crippen LogP contribution in [-0.2, 0) is 16.1 Å². The average Bonchev–Trinajstić information content (AvgIpc) is 3.29. The van der Waals surface area contributed by atoms with Gasteiger partial charge in [0.1, 0.15) is 17.4 Å². The van der Waals surface area contributed by atoms with Gasteiger partial charge in [0.2, 0.25) is 0 Å². The fourth-order valence-electron chi connectivity index (χ4n) is 3.98. The zero-order valence-corrected chi connectivity index (χ0v) is 20.8. The van der Waals surface area contributed by atoms with E-state index in [1.807, 2.05) is 18.2 Å². The van der Waals surface area contributed by atoms with E-state index in [9.17, 15) is 23.2 Å².